The van der Waals surface area contributed by atoms with Crippen LogP contribution in [0.15, 0.2) is 24.3 Å². The van der Waals surface area contributed by atoms with Crippen LogP contribution in [-0.2, 0) is 5.66 Å². The number of benzene rings is 1. The van der Waals surface area contributed by atoms with Crippen LogP contribution >= 0.6 is 0 Å². The molecule has 0 radical (unpaired) electrons. The van der Waals surface area contributed by atoms with Crippen LogP contribution in [0.2, 0.25) is 0 Å². The van der Waals surface area contributed by atoms with E-state index in [-0.39, 0.29) is 11.1 Å². The van der Waals surface area contributed by atoms with Gasteiger partial charge in [-0.05, 0) is 0 Å². The number of hydrazine groups is 1. The SMILES string of the molecule is O=Cc1ccccc1C1(C(F)(F)F)NN1. The lowest BCUT2D eigenvalue weighted by atomic mass is 9.98. The zero-order chi connectivity index (χ0) is 11.1. The summed E-state index contributed by atoms with van der Waals surface area (Å²) in [6.45, 7) is 0. The van der Waals surface area contributed by atoms with Gasteiger partial charge < -0.3 is 0 Å². The van der Waals surface area contributed by atoms with Crippen LogP contribution in [0.25, 0.3) is 0 Å². The van der Waals surface area contributed by atoms with Crippen LogP contribution < -0.4 is 10.9 Å². The Kier molecular flexibility index (Phi) is 2.06. The van der Waals surface area contributed by atoms with E-state index >= 15 is 0 Å². The minimum atomic E-state index is -4.48. The van der Waals surface area contributed by atoms with Crippen molar-refractivity contribution >= 4 is 6.29 Å². The first-order chi connectivity index (χ1) is 7.01. The van der Waals surface area contributed by atoms with Crippen molar-refractivity contribution in [3.63, 3.8) is 0 Å². The molecule has 0 spiro atoms. The highest BCUT2D eigenvalue weighted by Gasteiger charge is 2.65. The number of hydrogen-bond donors (Lipinski definition) is 2. The second-order valence-electron chi connectivity index (χ2n) is 3.20. The first-order valence-corrected chi connectivity index (χ1v) is 4.17. The van der Waals surface area contributed by atoms with Gasteiger partial charge in [-0.15, -0.1) is 0 Å². The van der Waals surface area contributed by atoms with Crippen LogP contribution in [0.3, 0.4) is 0 Å². The monoisotopic (exact) mass is 216 g/mol. The molecule has 0 unspecified atom stereocenters. The highest BCUT2D eigenvalue weighted by atomic mass is 19.4. The summed E-state index contributed by atoms with van der Waals surface area (Å²) in [5.74, 6) is 0. The summed E-state index contributed by atoms with van der Waals surface area (Å²) < 4.78 is 38.0. The van der Waals surface area contributed by atoms with Crippen molar-refractivity contribution in [1.29, 1.82) is 0 Å². The molecule has 1 aliphatic heterocycles. The number of alkyl halides is 3. The van der Waals surface area contributed by atoms with Crippen molar-refractivity contribution in [2.24, 2.45) is 0 Å². The van der Waals surface area contributed by atoms with Gasteiger partial charge in [-0.3, -0.25) is 4.79 Å². The van der Waals surface area contributed by atoms with E-state index in [1.165, 1.54) is 24.3 Å². The zero-order valence-electron chi connectivity index (χ0n) is 7.43. The molecule has 1 fully saturated rings. The Morgan fingerprint density at radius 2 is 1.80 bits per heavy atom. The fourth-order valence-electron chi connectivity index (χ4n) is 1.43. The molecule has 80 valence electrons. The Labute approximate surface area is 83.2 Å². The number of carbonyl (C=O) groups excluding carboxylic acids is 1. The molecule has 0 atom stereocenters. The summed E-state index contributed by atoms with van der Waals surface area (Å²) in [6.07, 6.45) is -4.07. The van der Waals surface area contributed by atoms with Crippen molar-refractivity contribution in [3.05, 3.63) is 35.4 Å². The van der Waals surface area contributed by atoms with Gasteiger partial charge in [-0.2, -0.15) is 13.2 Å². The molecule has 0 bridgehead atoms. The van der Waals surface area contributed by atoms with E-state index in [2.05, 4.69) is 0 Å². The van der Waals surface area contributed by atoms with Gasteiger partial charge in [0.2, 0.25) is 5.66 Å². The molecular weight excluding hydrogens is 209 g/mol. The summed E-state index contributed by atoms with van der Waals surface area (Å²) in [6, 6.07) is 5.58. The molecule has 2 N–H and O–H groups in total. The molecule has 1 aliphatic rings. The number of hydrogen-bond acceptors (Lipinski definition) is 3. The standard InChI is InChI=1S/C9H7F3N2O/c10-9(11,12)8(13-14-8)7-4-2-1-3-6(7)5-15/h1-5,13-14H. The Balaban J connectivity index is 2.50. The summed E-state index contributed by atoms with van der Waals surface area (Å²) in [7, 11) is 0. The van der Waals surface area contributed by atoms with E-state index in [1.807, 2.05) is 10.9 Å². The molecule has 1 heterocycles. The summed E-state index contributed by atoms with van der Waals surface area (Å²) in [5.41, 5.74) is 1.75. The minimum absolute atomic E-state index is 0.0207. The molecule has 3 nitrogen and oxygen atoms in total. The molecule has 6 heteroatoms. The first-order valence-electron chi connectivity index (χ1n) is 4.17. The Morgan fingerprint density at radius 3 is 2.27 bits per heavy atom. The number of halogens is 3. The lowest BCUT2D eigenvalue weighted by Crippen LogP contribution is -2.35. The predicted octanol–water partition coefficient (Wildman–Crippen LogP) is 1.32. The molecule has 0 amide bonds. The highest BCUT2D eigenvalue weighted by Crippen LogP contribution is 2.42. The Morgan fingerprint density at radius 1 is 1.20 bits per heavy atom. The predicted molar refractivity (Wildman–Crippen MR) is 45.8 cm³/mol. The average molecular weight is 216 g/mol. The normalized spacial score (nSPS) is 18.6. The lowest BCUT2D eigenvalue weighted by molar-refractivity contribution is -0.165. The zero-order valence-corrected chi connectivity index (χ0v) is 7.43. The topological polar surface area (TPSA) is 61.0 Å². The highest BCUT2D eigenvalue weighted by molar-refractivity contribution is 5.78. The maximum atomic E-state index is 12.7. The molecule has 15 heavy (non-hydrogen) atoms. The summed E-state index contributed by atoms with van der Waals surface area (Å²) >= 11 is 0. The van der Waals surface area contributed by atoms with Crippen molar-refractivity contribution in [2.45, 2.75) is 11.8 Å². The molecule has 0 aromatic heterocycles. The van der Waals surface area contributed by atoms with E-state index in [1.54, 1.807) is 0 Å². The number of carbonyl (C=O) groups is 1. The van der Waals surface area contributed by atoms with Crippen molar-refractivity contribution in [3.8, 4) is 0 Å². The fraction of sp³-hybridized carbons (Fsp3) is 0.222. The second kappa shape index (κ2) is 3.04. The fourth-order valence-corrected chi connectivity index (χ4v) is 1.43. The quantitative estimate of drug-likeness (QED) is 0.579. The van der Waals surface area contributed by atoms with Crippen molar-refractivity contribution in [2.75, 3.05) is 0 Å². The van der Waals surface area contributed by atoms with Gasteiger partial charge in [-0.1, -0.05) is 24.3 Å². The number of rotatable bonds is 2. The molecule has 1 saturated heterocycles. The molecule has 0 saturated carbocycles. The molecule has 0 aliphatic carbocycles. The molecule has 2 rings (SSSR count). The lowest BCUT2D eigenvalue weighted by Gasteiger charge is -2.17. The third kappa shape index (κ3) is 1.42. The third-order valence-corrected chi connectivity index (χ3v) is 2.29. The Hall–Kier alpha value is -1.40. The van der Waals surface area contributed by atoms with E-state index in [4.69, 9.17) is 0 Å². The molecule has 1 aromatic carbocycles. The maximum Gasteiger partial charge on any atom is 0.426 e. The van der Waals surface area contributed by atoms with Gasteiger partial charge in [0.25, 0.3) is 0 Å². The van der Waals surface area contributed by atoms with Crippen LogP contribution in [0.1, 0.15) is 15.9 Å². The number of aldehydes is 1. The van der Waals surface area contributed by atoms with Crippen LogP contribution in [-0.4, -0.2) is 12.5 Å². The molecular formula is C9H7F3N2O. The Bertz CT molecular complexity index is 399. The third-order valence-electron chi connectivity index (χ3n) is 2.29. The largest absolute Gasteiger partial charge is 0.426 e. The molecule has 1 aromatic rings. The van der Waals surface area contributed by atoms with Gasteiger partial charge >= 0.3 is 6.18 Å². The van der Waals surface area contributed by atoms with Gasteiger partial charge in [-0.25, -0.2) is 10.9 Å². The second-order valence-corrected chi connectivity index (χ2v) is 3.20. The van der Waals surface area contributed by atoms with E-state index in [9.17, 15) is 18.0 Å². The van der Waals surface area contributed by atoms with Crippen molar-refractivity contribution < 1.29 is 18.0 Å². The van der Waals surface area contributed by atoms with Crippen LogP contribution in [0.5, 0.6) is 0 Å². The van der Waals surface area contributed by atoms with Gasteiger partial charge in [0.15, 0.2) is 0 Å². The van der Waals surface area contributed by atoms with Gasteiger partial charge in [0.1, 0.15) is 6.29 Å². The maximum absolute atomic E-state index is 12.7. The van der Waals surface area contributed by atoms with Crippen molar-refractivity contribution in [1.82, 2.24) is 10.9 Å². The number of nitrogens with one attached hydrogen (secondary N) is 2. The first kappa shape index (κ1) is 10.1. The summed E-state index contributed by atoms with van der Waals surface area (Å²) in [4.78, 5) is 10.6. The van der Waals surface area contributed by atoms with E-state index < -0.39 is 11.8 Å². The average Bonchev–Trinajstić information content (AvgIpc) is 2.97. The minimum Gasteiger partial charge on any atom is -0.298 e. The summed E-state index contributed by atoms with van der Waals surface area (Å²) in [5, 5.41) is 0. The van der Waals surface area contributed by atoms with E-state index in [0.717, 1.165) is 0 Å². The van der Waals surface area contributed by atoms with Gasteiger partial charge in [0.05, 0.1) is 0 Å². The van der Waals surface area contributed by atoms with E-state index in [0.29, 0.717) is 6.29 Å². The smallest absolute Gasteiger partial charge is 0.298 e. The van der Waals surface area contributed by atoms with Crippen LogP contribution in [0.4, 0.5) is 13.2 Å². The van der Waals surface area contributed by atoms with Crippen LogP contribution in [0, 0.1) is 0 Å². The van der Waals surface area contributed by atoms with Gasteiger partial charge in [0, 0.05) is 11.1 Å².